The van der Waals surface area contributed by atoms with Crippen LogP contribution in [0.2, 0.25) is 0 Å². The Morgan fingerprint density at radius 3 is 3.06 bits per heavy atom. The molecule has 0 bridgehead atoms. The average molecular weight is 238 g/mol. The lowest BCUT2D eigenvalue weighted by molar-refractivity contribution is -0.124. The molecule has 4 nitrogen and oxygen atoms in total. The number of amides is 1. The SMILES string of the molecule is O=C1CN(C[C@H](O)c2cccc(F)c2)CCN1. The molecule has 1 heterocycles. The summed E-state index contributed by atoms with van der Waals surface area (Å²) in [4.78, 5) is 13.0. The summed E-state index contributed by atoms with van der Waals surface area (Å²) in [5.74, 6) is -0.402. The van der Waals surface area contributed by atoms with Gasteiger partial charge in [0, 0.05) is 19.6 Å². The van der Waals surface area contributed by atoms with Crippen molar-refractivity contribution in [3.05, 3.63) is 35.6 Å². The van der Waals surface area contributed by atoms with E-state index in [-0.39, 0.29) is 18.3 Å². The smallest absolute Gasteiger partial charge is 0.234 e. The number of hydrogen-bond donors (Lipinski definition) is 2. The molecule has 1 saturated heterocycles. The van der Waals surface area contributed by atoms with E-state index in [1.54, 1.807) is 12.1 Å². The van der Waals surface area contributed by atoms with Crippen LogP contribution in [-0.2, 0) is 4.79 Å². The van der Waals surface area contributed by atoms with Crippen LogP contribution in [0.15, 0.2) is 24.3 Å². The highest BCUT2D eigenvalue weighted by atomic mass is 19.1. The van der Waals surface area contributed by atoms with Crippen molar-refractivity contribution < 1.29 is 14.3 Å². The summed E-state index contributed by atoms with van der Waals surface area (Å²) in [6, 6.07) is 5.90. The third-order valence-corrected chi connectivity index (χ3v) is 2.78. The van der Waals surface area contributed by atoms with E-state index in [1.807, 2.05) is 4.90 Å². The molecule has 1 aromatic carbocycles. The third-order valence-electron chi connectivity index (χ3n) is 2.78. The van der Waals surface area contributed by atoms with Gasteiger partial charge >= 0.3 is 0 Å². The molecule has 5 heteroatoms. The van der Waals surface area contributed by atoms with Gasteiger partial charge in [-0.3, -0.25) is 9.69 Å². The van der Waals surface area contributed by atoms with Crippen LogP contribution in [0, 0.1) is 5.82 Å². The van der Waals surface area contributed by atoms with Gasteiger partial charge in [0.1, 0.15) is 5.82 Å². The molecular formula is C12H15FN2O2. The zero-order valence-corrected chi connectivity index (χ0v) is 9.40. The van der Waals surface area contributed by atoms with Crippen LogP contribution in [0.25, 0.3) is 0 Å². The number of piperazine rings is 1. The summed E-state index contributed by atoms with van der Waals surface area (Å²) in [6.07, 6.45) is -0.767. The molecule has 1 aliphatic heterocycles. The van der Waals surface area contributed by atoms with E-state index < -0.39 is 6.10 Å². The number of rotatable bonds is 3. The summed E-state index contributed by atoms with van der Waals surface area (Å²) in [5, 5.41) is 12.7. The second kappa shape index (κ2) is 5.25. The number of benzene rings is 1. The fourth-order valence-electron chi connectivity index (χ4n) is 1.91. The van der Waals surface area contributed by atoms with Gasteiger partial charge in [0.05, 0.1) is 12.6 Å². The quantitative estimate of drug-likeness (QED) is 0.796. The standard InChI is InChI=1S/C12H15FN2O2/c13-10-3-1-2-9(6-10)11(16)7-15-5-4-14-12(17)8-15/h1-3,6,11,16H,4-5,7-8H2,(H,14,17)/t11-/m0/s1. The molecule has 0 spiro atoms. The van der Waals surface area contributed by atoms with Crippen molar-refractivity contribution >= 4 is 5.91 Å². The predicted molar refractivity (Wildman–Crippen MR) is 60.8 cm³/mol. The highest BCUT2D eigenvalue weighted by molar-refractivity contribution is 5.78. The molecule has 0 saturated carbocycles. The topological polar surface area (TPSA) is 52.6 Å². The van der Waals surface area contributed by atoms with E-state index in [9.17, 15) is 14.3 Å². The number of aliphatic hydroxyl groups is 1. The van der Waals surface area contributed by atoms with Crippen molar-refractivity contribution in [2.45, 2.75) is 6.10 Å². The van der Waals surface area contributed by atoms with E-state index in [1.165, 1.54) is 12.1 Å². The molecule has 0 aliphatic carbocycles. The van der Waals surface area contributed by atoms with Crippen molar-refractivity contribution in [1.82, 2.24) is 10.2 Å². The molecule has 1 aliphatic rings. The van der Waals surface area contributed by atoms with Crippen LogP contribution < -0.4 is 5.32 Å². The number of carbonyl (C=O) groups is 1. The van der Waals surface area contributed by atoms with Gasteiger partial charge in [-0.05, 0) is 17.7 Å². The van der Waals surface area contributed by atoms with E-state index >= 15 is 0 Å². The number of aliphatic hydroxyl groups excluding tert-OH is 1. The summed E-state index contributed by atoms with van der Waals surface area (Å²) >= 11 is 0. The zero-order chi connectivity index (χ0) is 12.3. The maximum absolute atomic E-state index is 13.0. The van der Waals surface area contributed by atoms with Crippen molar-refractivity contribution in [3.63, 3.8) is 0 Å². The Bertz CT molecular complexity index is 411. The Hall–Kier alpha value is -1.46. The zero-order valence-electron chi connectivity index (χ0n) is 9.40. The molecule has 1 atom stereocenters. The second-order valence-corrected chi connectivity index (χ2v) is 4.16. The largest absolute Gasteiger partial charge is 0.387 e. The van der Waals surface area contributed by atoms with Gasteiger partial charge in [0.15, 0.2) is 0 Å². The minimum Gasteiger partial charge on any atom is -0.387 e. The van der Waals surface area contributed by atoms with Gasteiger partial charge in [0.25, 0.3) is 0 Å². The molecule has 2 rings (SSSR count). The summed E-state index contributed by atoms with van der Waals surface area (Å²) in [7, 11) is 0. The Morgan fingerprint density at radius 1 is 1.53 bits per heavy atom. The lowest BCUT2D eigenvalue weighted by Crippen LogP contribution is -2.48. The van der Waals surface area contributed by atoms with Crippen LogP contribution in [0.5, 0.6) is 0 Å². The van der Waals surface area contributed by atoms with Crippen LogP contribution in [0.3, 0.4) is 0 Å². The number of hydrogen-bond acceptors (Lipinski definition) is 3. The number of nitrogens with zero attached hydrogens (tertiary/aromatic N) is 1. The maximum atomic E-state index is 13.0. The molecule has 1 fully saturated rings. The molecular weight excluding hydrogens is 223 g/mol. The molecule has 0 unspecified atom stereocenters. The van der Waals surface area contributed by atoms with Gasteiger partial charge in [-0.2, -0.15) is 0 Å². The molecule has 2 N–H and O–H groups in total. The van der Waals surface area contributed by atoms with Crippen molar-refractivity contribution in [2.24, 2.45) is 0 Å². The van der Waals surface area contributed by atoms with Gasteiger partial charge < -0.3 is 10.4 Å². The van der Waals surface area contributed by atoms with Crippen LogP contribution in [0.4, 0.5) is 4.39 Å². The van der Waals surface area contributed by atoms with Crippen molar-refractivity contribution in [3.8, 4) is 0 Å². The van der Waals surface area contributed by atoms with E-state index in [4.69, 9.17) is 0 Å². The summed E-state index contributed by atoms with van der Waals surface area (Å²) in [5.41, 5.74) is 0.538. The second-order valence-electron chi connectivity index (χ2n) is 4.16. The van der Waals surface area contributed by atoms with Crippen molar-refractivity contribution in [1.29, 1.82) is 0 Å². The molecule has 0 aromatic heterocycles. The van der Waals surface area contributed by atoms with Crippen LogP contribution in [0.1, 0.15) is 11.7 Å². The number of β-amino-alcohol motifs (C(OH)–C–C–N with tert-alkyl or cyclic N) is 1. The van der Waals surface area contributed by atoms with E-state index in [0.717, 1.165) is 0 Å². The van der Waals surface area contributed by atoms with Crippen LogP contribution in [-0.4, -0.2) is 42.1 Å². The van der Waals surface area contributed by atoms with Gasteiger partial charge in [0.2, 0.25) is 5.91 Å². The molecule has 17 heavy (non-hydrogen) atoms. The summed E-state index contributed by atoms with van der Waals surface area (Å²) in [6.45, 7) is 1.93. The van der Waals surface area contributed by atoms with Crippen molar-refractivity contribution in [2.75, 3.05) is 26.2 Å². The fourth-order valence-corrected chi connectivity index (χ4v) is 1.91. The Morgan fingerprint density at radius 2 is 2.35 bits per heavy atom. The Labute approximate surface area is 99.0 Å². The fraction of sp³-hybridized carbons (Fsp3) is 0.417. The monoisotopic (exact) mass is 238 g/mol. The van der Waals surface area contributed by atoms with E-state index in [0.29, 0.717) is 25.2 Å². The minimum absolute atomic E-state index is 0.0392. The molecule has 92 valence electrons. The molecule has 1 amide bonds. The normalized spacial score (nSPS) is 18.8. The molecule has 0 radical (unpaired) electrons. The predicted octanol–water partition coefficient (Wildman–Crippen LogP) is 0.291. The Balaban J connectivity index is 1.96. The summed E-state index contributed by atoms with van der Waals surface area (Å²) < 4.78 is 13.0. The van der Waals surface area contributed by atoms with E-state index in [2.05, 4.69) is 5.32 Å². The number of nitrogens with one attached hydrogen (secondary N) is 1. The van der Waals surface area contributed by atoms with Gasteiger partial charge in [-0.1, -0.05) is 12.1 Å². The lowest BCUT2D eigenvalue weighted by atomic mass is 10.1. The maximum Gasteiger partial charge on any atom is 0.234 e. The van der Waals surface area contributed by atoms with Gasteiger partial charge in [-0.25, -0.2) is 4.39 Å². The Kier molecular flexibility index (Phi) is 3.71. The molecule has 1 aromatic rings. The number of halogens is 1. The average Bonchev–Trinajstić information content (AvgIpc) is 2.29. The first-order chi connectivity index (χ1) is 8.15. The highest BCUT2D eigenvalue weighted by Crippen LogP contribution is 2.15. The first-order valence-electron chi connectivity index (χ1n) is 5.58. The first-order valence-corrected chi connectivity index (χ1v) is 5.58. The third kappa shape index (κ3) is 3.25. The lowest BCUT2D eigenvalue weighted by Gasteiger charge is -2.28. The van der Waals surface area contributed by atoms with Crippen LogP contribution >= 0.6 is 0 Å². The highest BCUT2D eigenvalue weighted by Gasteiger charge is 2.19. The number of carbonyl (C=O) groups excluding carboxylic acids is 1. The van der Waals surface area contributed by atoms with Gasteiger partial charge in [-0.15, -0.1) is 0 Å². The first kappa shape index (κ1) is 12.0. The minimum atomic E-state index is -0.767.